The minimum absolute atomic E-state index is 0.0154. The van der Waals surface area contributed by atoms with E-state index in [0.717, 1.165) is 25.0 Å². The minimum Gasteiger partial charge on any atom is -0.496 e. The van der Waals surface area contributed by atoms with Gasteiger partial charge in [0.2, 0.25) is 5.91 Å². The van der Waals surface area contributed by atoms with Gasteiger partial charge < -0.3 is 10.1 Å². The van der Waals surface area contributed by atoms with E-state index in [4.69, 9.17) is 4.74 Å². The van der Waals surface area contributed by atoms with Crippen LogP contribution in [0.15, 0.2) is 30.3 Å². The highest BCUT2D eigenvalue weighted by atomic mass is 16.5. The van der Waals surface area contributed by atoms with Gasteiger partial charge in [-0.2, -0.15) is 0 Å². The number of nitrogens with one attached hydrogen (secondary N) is 1. The molecule has 2 aromatic carbocycles. The smallest absolute Gasteiger partial charge is 0.216 e. The molecule has 0 saturated carbocycles. The lowest BCUT2D eigenvalue weighted by molar-refractivity contribution is -0.118. The number of methoxy groups -OCH3 is 1. The lowest BCUT2D eigenvalue weighted by Gasteiger charge is -2.15. The summed E-state index contributed by atoms with van der Waals surface area (Å²) in [4.78, 5) is 11.0. The zero-order chi connectivity index (χ0) is 15.2. The van der Waals surface area contributed by atoms with E-state index in [9.17, 15) is 4.79 Å². The van der Waals surface area contributed by atoms with Crippen molar-refractivity contribution in [3.63, 3.8) is 0 Å². The molecule has 0 bridgehead atoms. The number of hydrogen-bond acceptors (Lipinski definition) is 2. The van der Waals surface area contributed by atoms with Crippen LogP contribution in [0, 0.1) is 0 Å². The Labute approximate surface area is 126 Å². The molecule has 0 spiro atoms. The molecule has 0 aliphatic rings. The van der Waals surface area contributed by atoms with Crippen molar-refractivity contribution in [1.29, 1.82) is 0 Å². The highest BCUT2D eigenvalue weighted by Gasteiger charge is 2.11. The number of benzene rings is 2. The van der Waals surface area contributed by atoms with E-state index in [1.807, 2.05) is 6.07 Å². The van der Waals surface area contributed by atoms with Gasteiger partial charge in [-0.3, -0.25) is 4.79 Å². The predicted molar refractivity (Wildman–Crippen MR) is 86.9 cm³/mol. The molecule has 0 saturated heterocycles. The molecule has 0 fully saturated rings. The number of carbonyl (C=O) groups excluding carboxylic acids is 1. The van der Waals surface area contributed by atoms with Crippen LogP contribution >= 0.6 is 0 Å². The second-order valence-electron chi connectivity index (χ2n) is 5.24. The number of hydrogen-bond donors (Lipinski definition) is 1. The van der Waals surface area contributed by atoms with Gasteiger partial charge in [0.15, 0.2) is 0 Å². The standard InChI is InChI=1S/C18H23NO2/c1-4-6-16-17(21-3)10-9-14-7-5-8-15(18(14)16)11-12-19-13(2)20/h5,7-10H,4,6,11-12H2,1-3H3,(H,19,20). The molecule has 21 heavy (non-hydrogen) atoms. The highest BCUT2D eigenvalue weighted by molar-refractivity contribution is 5.91. The van der Waals surface area contributed by atoms with E-state index in [1.165, 1.54) is 21.9 Å². The van der Waals surface area contributed by atoms with Crippen molar-refractivity contribution in [2.45, 2.75) is 33.1 Å². The van der Waals surface area contributed by atoms with Gasteiger partial charge >= 0.3 is 0 Å². The minimum atomic E-state index is 0.0154. The average molecular weight is 285 g/mol. The van der Waals surface area contributed by atoms with Crippen LogP contribution in [0.5, 0.6) is 5.75 Å². The van der Waals surface area contributed by atoms with E-state index < -0.39 is 0 Å². The largest absolute Gasteiger partial charge is 0.496 e. The number of rotatable bonds is 6. The van der Waals surface area contributed by atoms with Crippen LogP contribution in [-0.4, -0.2) is 19.6 Å². The van der Waals surface area contributed by atoms with Gasteiger partial charge in [-0.05, 0) is 35.2 Å². The molecule has 112 valence electrons. The first-order valence-electron chi connectivity index (χ1n) is 7.49. The van der Waals surface area contributed by atoms with E-state index in [0.29, 0.717) is 6.54 Å². The molecule has 0 heterocycles. The molecule has 0 radical (unpaired) electrons. The molecule has 2 rings (SSSR count). The Morgan fingerprint density at radius 2 is 2.00 bits per heavy atom. The van der Waals surface area contributed by atoms with Crippen LogP contribution in [0.4, 0.5) is 0 Å². The molecule has 3 nitrogen and oxygen atoms in total. The summed E-state index contributed by atoms with van der Waals surface area (Å²) in [5.41, 5.74) is 2.54. The van der Waals surface area contributed by atoms with Crippen LogP contribution < -0.4 is 10.1 Å². The molecule has 0 aliphatic carbocycles. The molecule has 2 aromatic rings. The van der Waals surface area contributed by atoms with E-state index in [-0.39, 0.29) is 5.91 Å². The normalized spacial score (nSPS) is 10.6. The number of aryl methyl sites for hydroxylation is 1. The van der Waals surface area contributed by atoms with Gasteiger partial charge in [-0.15, -0.1) is 0 Å². The Balaban J connectivity index is 2.46. The maximum Gasteiger partial charge on any atom is 0.216 e. The van der Waals surface area contributed by atoms with Crippen LogP contribution in [0.3, 0.4) is 0 Å². The fraction of sp³-hybridized carbons (Fsp3) is 0.389. The van der Waals surface area contributed by atoms with Gasteiger partial charge in [0.05, 0.1) is 7.11 Å². The third kappa shape index (κ3) is 3.54. The molecular weight excluding hydrogens is 262 g/mol. The van der Waals surface area contributed by atoms with Crippen molar-refractivity contribution < 1.29 is 9.53 Å². The maximum atomic E-state index is 11.0. The van der Waals surface area contributed by atoms with E-state index in [2.05, 4.69) is 36.5 Å². The second kappa shape index (κ2) is 7.11. The fourth-order valence-corrected chi connectivity index (χ4v) is 2.79. The molecule has 0 aliphatic heterocycles. The molecular formula is C18H23NO2. The lowest BCUT2D eigenvalue weighted by Crippen LogP contribution is -2.22. The number of carbonyl (C=O) groups is 1. The second-order valence-corrected chi connectivity index (χ2v) is 5.24. The Morgan fingerprint density at radius 3 is 2.67 bits per heavy atom. The molecule has 1 N–H and O–H groups in total. The average Bonchev–Trinajstić information content (AvgIpc) is 2.47. The van der Waals surface area contributed by atoms with Gasteiger partial charge in [0.1, 0.15) is 5.75 Å². The van der Waals surface area contributed by atoms with E-state index >= 15 is 0 Å². The molecule has 0 unspecified atom stereocenters. The molecule has 1 amide bonds. The monoisotopic (exact) mass is 285 g/mol. The highest BCUT2D eigenvalue weighted by Crippen LogP contribution is 2.31. The quantitative estimate of drug-likeness (QED) is 0.882. The van der Waals surface area contributed by atoms with Crippen molar-refractivity contribution >= 4 is 16.7 Å². The molecule has 3 heteroatoms. The Hall–Kier alpha value is -2.03. The lowest BCUT2D eigenvalue weighted by atomic mass is 9.94. The number of ether oxygens (including phenoxy) is 1. The maximum absolute atomic E-state index is 11.0. The Morgan fingerprint density at radius 1 is 1.19 bits per heavy atom. The molecule has 0 aromatic heterocycles. The predicted octanol–water partition coefficient (Wildman–Crippen LogP) is 3.48. The first-order valence-corrected chi connectivity index (χ1v) is 7.49. The topological polar surface area (TPSA) is 38.3 Å². The van der Waals surface area contributed by atoms with Crippen molar-refractivity contribution in [2.75, 3.05) is 13.7 Å². The van der Waals surface area contributed by atoms with Gasteiger partial charge in [0, 0.05) is 19.0 Å². The van der Waals surface area contributed by atoms with Crippen LogP contribution in [0.1, 0.15) is 31.4 Å². The fourth-order valence-electron chi connectivity index (χ4n) is 2.79. The third-order valence-corrected chi connectivity index (χ3v) is 3.68. The summed E-state index contributed by atoms with van der Waals surface area (Å²) in [5, 5.41) is 5.39. The van der Waals surface area contributed by atoms with Gasteiger partial charge in [-0.25, -0.2) is 0 Å². The summed E-state index contributed by atoms with van der Waals surface area (Å²) in [6.45, 7) is 4.39. The number of amides is 1. The van der Waals surface area contributed by atoms with Crippen molar-refractivity contribution in [3.8, 4) is 5.75 Å². The summed E-state index contributed by atoms with van der Waals surface area (Å²) in [6.07, 6.45) is 2.91. The van der Waals surface area contributed by atoms with Crippen molar-refractivity contribution in [1.82, 2.24) is 5.32 Å². The van der Waals surface area contributed by atoms with E-state index in [1.54, 1.807) is 14.0 Å². The van der Waals surface area contributed by atoms with Crippen molar-refractivity contribution in [3.05, 3.63) is 41.5 Å². The number of fused-ring (bicyclic) bond motifs is 1. The first kappa shape index (κ1) is 15.4. The summed E-state index contributed by atoms with van der Waals surface area (Å²) in [6, 6.07) is 10.5. The summed E-state index contributed by atoms with van der Waals surface area (Å²) in [5.74, 6) is 0.970. The Kier molecular flexibility index (Phi) is 5.20. The Bertz CT molecular complexity index is 634. The van der Waals surface area contributed by atoms with Crippen LogP contribution in [0.25, 0.3) is 10.8 Å². The third-order valence-electron chi connectivity index (χ3n) is 3.68. The van der Waals surface area contributed by atoms with Gasteiger partial charge in [0.25, 0.3) is 0 Å². The van der Waals surface area contributed by atoms with Crippen molar-refractivity contribution in [2.24, 2.45) is 0 Å². The SMILES string of the molecule is CCCc1c(OC)ccc2cccc(CCNC(C)=O)c12. The first-order chi connectivity index (χ1) is 10.2. The van der Waals surface area contributed by atoms with Crippen LogP contribution in [0.2, 0.25) is 0 Å². The summed E-state index contributed by atoms with van der Waals surface area (Å²) in [7, 11) is 1.72. The molecule has 0 atom stereocenters. The summed E-state index contributed by atoms with van der Waals surface area (Å²) >= 11 is 0. The zero-order valence-electron chi connectivity index (χ0n) is 13.0. The summed E-state index contributed by atoms with van der Waals surface area (Å²) < 4.78 is 5.53. The van der Waals surface area contributed by atoms with Crippen LogP contribution in [-0.2, 0) is 17.6 Å². The van der Waals surface area contributed by atoms with Gasteiger partial charge in [-0.1, -0.05) is 37.6 Å². The zero-order valence-corrected chi connectivity index (χ0v) is 13.0.